The van der Waals surface area contributed by atoms with Crippen molar-refractivity contribution in [1.82, 2.24) is 15.0 Å². The van der Waals surface area contributed by atoms with Crippen LogP contribution in [0.1, 0.15) is 24.6 Å². The number of hydrogen-bond donors (Lipinski definition) is 2. The first-order valence-electron chi connectivity index (χ1n) is 5.33. The molecular weight excluding hydrogens is 192 g/mol. The number of nitrogens with two attached hydrogens (primary N) is 1. The molecule has 0 bridgehead atoms. The lowest BCUT2D eigenvalue weighted by Crippen LogP contribution is -2.38. The molecule has 15 heavy (non-hydrogen) atoms. The quantitative estimate of drug-likeness (QED) is 0.558. The Bertz CT molecular complexity index is 306. The lowest BCUT2D eigenvalue weighted by Gasteiger charge is -2.29. The number of imidazole rings is 1. The summed E-state index contributed by atoms with van der Waals surface area (Å²) in [7, 11) is 1.98. The predicted molar refractivity (Wildman–Crippen MR) is 56.8 cm³/mol. The number of ether oxygens (including phenoxy) is 1. The predicted octanol–water partition coefficient (Wildman–Crippen LogP) is 0.351. The van der Waals surface area contributed by atoms with Crippen LogP contribution < -0.4 is 11.3 Å². The van der Waals surface area contributed by atoms with Crippen molar-refractivity contribution in [1.29, 1.82) is 0 Å². The largest absolute Gasteiger partial charge is 0.381 e. The van der Waals surface area contributed by atoms with E-state index in [0.29, 0.717) is 5.92 Å². The summed E-state index contributed by atoms with van der Waals surface area (Å²) in [6.45, 7) is 1.65. The summed E-state index contributed by atoms with van der Waals surface area (Å²) in [6.07, 6.45) is 5.92. The highest BCUT2D eigenvalue weighted by Crippen LogP contribution is 2.27. The van der Waals surface area contributed by atoms with Crippen molar-refractivity contribution in [3.05, 3.63) is 18.2 Å². The number of hydrogen-bond acceptors (Lipinski definition) is 4. The number of aryl methyl sites for hydroxylation is 1. The molecule has 1 aromatic heterocycles. The van der Waals surface area contributed by atoms with Gasteiger partial charge in [-0.05, 0) is 12.8 Å². The van der Waals surface area contributed by atoms with E-state index in [0.717, 1.165) is 31.7 Å². The molecule has 3 N–H and O–H groups in total. The zero-order chi connectivity index (χ0) is 10.7. The zero-order valence-corrected chi connectivity index (χ0v) is 9.02. The van der Waals surface area contributed by atoms with Crippen molar-refractivity contribution in [2.45, 2.75) is 18.9 Å². The molecule has 0 saturated carbocycles. The molecule has 0 amide bonds. The van der Waals surface area contributed by atoms with Crippen LogP contribution in [0.3, 0.4) is 0 Å². The van der Waals surface area contributed by atoms with Crippen molar-refractivity contribution < 1.29 is 4.74 Å². The number of hydrazine groups is 1. The van der Waals surface area contributed by atoms with Gasteiger partial charge in [-0.2, -0.15) is 0 Å². The highest BCUT2D eigenvalue weighted by molar-refractivity contribution is 5.06. The monoisotopic (exact) mass is 210 g/mol. The van der Waals surface area contributed by atoms with E-state index in [-0.39, 0.29) is 6.04 Å². The van der Waals surface area contributed by atoms with Gasteiger partial charge in [0.25, 0.3) is 0 Å². The minimum atomic E-state index is 0.137. The number of nitrogens with zero attached hydrogens (tertiary/aromatic N) is 2. The van der Waals surface area contributed by atoms with Crippen LogP contribution in [0.4, 0.5) is 0 Å². The molecule has 1 aromatic rings. The molecule has 84 valence electrons. The smallest absolute Gasteiger partial charge is 0.0946 e. The molecule has 0 spiro atoms. The Morgan fingerprint density at radius 3 is 3.13 bits per heavy atom. The molecule has 1 saturated heterocycles. The Labute approximate surface area is 89.6 Å². The van der Waals surface area contributed by atoms with Gasteiger partial charge in [-0.25, -0.2) is 4.98 Å². The van der Waals surface area contributed by atoms with E-state index in [4.69, 9.17) is 10.6 Å². The van der Waals surface area contributed by atoms with Gasteiger partial charge in [0.05, 0.1) is 24.7 Å². The third-order valence-corrected chi connectivity index (χ3v) is 3.02. The fraction of sp³-hybridized carbons (Fsp3) is 0.700. The minimum absolute atomic E-state index is 0.137. The highest BCUT2D eigenvalue weighted by atomic mass is 16.5. The molecule has 0 aliphatic carbocycles. The van der Waals surface area contributed by atoms with E-state index in [1.807, 2.05) is 17.8 Å². The molecule has 1 fully saturated rings. The zero-order valence-electron chi connectivity index (χ0n) is 9.02. The molecule has 5 heteroatoms. The molecule has 2 rings (SSSR count). The van der Waals surface area contributed by atoms with E-state index in [1.54, 1.807) is 6.33 Å². The van der Waals surface area contributed by atoms with Crippen molar-refractivity contribution in [3.8, 4) is 0 Å². The Kier molecular flexibility index (Phi) is 3.35. The average molecular weight is 210 g/mol. The van der Waals surface area contributed by atoms with Crippen LogP contribution in [-0.4, -0.2) is 22.8 Å². The Balaban J connectivity index is 2.12. The molecule has 1 aliphatic heterocycles. The van der Waals surface area contributed by atoms with Crippen LogP contribution in [0, 0.1) is 5.92 Å². The lowest BCUT2D eigenvalue weighted by atomic mass is 9.92. The van der Waals surface area contributed by atoms with Gasteiger partial charge in [-0.3, -0.25) is 11.3 Å². The topological polar surface area (TPSA) is 65.1 Å². The highest BCUT2D eigenvalue weighted by Gasteiger charge is 2.26. The molecule has 0 radical (unpaired) electrons. The van der Waals surface area contributed by atoms with Crippen molar-refractivity contribution in [2.75, 3.05) is 13.2 Å². The second kappa shape index (κ2) is 4.74. The fourth-order valence-electron chi connectivity index (χ4n) is 2.16. The van der Waals surface area contributed by atoms with Crippen molar-refractivity contribution in [3.63, 3.8) is 0 Å². The van der Waals surface area contributed by atoms with E-state index >= 15 is 0 Å². The lowest BCUT2D eigenvalue weighted by molar-refractivity contribution is 0.0379. The molecule has 5 nitrogen and oxygen atoms in total. The van der Waals surface area contributed by atoms with Crippen molar-refractivity contribution >= 4 is 0 Å². The maximum atomic E-state index is 5.62. The van der Waals surface area contributed by atoms with E-state index in [2.05, 4.69) is 10.4 Å². The van der Waals surface area contributed by atoms with Gasteiger partial charge >= 0.3 is 0 Å². The van der Waals surface area contributed by atoms with Gasteiger partial charge in [-0.15, -0.1) is 0 Å². The number of aromatic nitrogens is 2. The van der Waals surface area contributed by atoms with E-state index in [1.165, 1.54) is 0 Å². The van der Waals surface area contributed by atoms with Crippen LogP contribution in [0.2, 0.25) is 0 Å². The molecular formula is C10H18N4O. The van der Waals surface area contributed by atoms with Crippen LogP contribution in [0.15, 0.2) is 12.5 Å². The van der Waals surface area contributed by atoms with E-state index in [9.17, 15) is 0 Å². The standard InChI is InChI=1S/C10H18N4O/c1-14-7-12-5-9(14)10(13-11)8-3-2-4-15-6-8/h5,7-8,10,13H,2-4,6,11H2,1H3. The molecule has 2 heterocycles. The van der Waals surface area contributed by atoms with Gasteiger partial charge in [0.15, 0.2) is 0 Å². The van der Waals surface area contributed by atoms with Gasteiger partial charge in [0.2, 0.25) is 0 Å². The maximum absolute atomic E-state index is 5.62. The SMILES string of the molecule is Cn1cncc1C(NN)C1CCCOC1. The molecule has 2 unspecified atom stereocenters. The van der Waals surface area contributed by atoms with Crippen LogP contribution in [0.25, 0.3) is 0 Å². The van der Waals surface area contributed by atoms with Crippen LogP contribution in [0.5, 0.6) is 0 Å². The van der Waals surface area contributed by atoms with Gasteiger partial charge in [-0.1, -0.05) is 0 Å². The van der Waals surface area contributed by atoms with Gasteiger partial charge < -0.3 is 9.30 Å². The molecule has 2 atom stereocenters. The summed E-state index contributed by atoms with van der Waals surface area (Å²) in [5.41, 5.74) is 3.99. The molecule has 0 aromatic carbocycles. The summed E-state index contributed by atoms with van der Waals surface area (Å²) >= 11 is 0. The fourth-order valence-corrected chi connectivity index (χ4v) is 2.16. The summed E-state index contributed by atoms with van der Waals surface area (Å²) < 4.78 is 7.48. The molecule has 1 aliphatic rings. The van der Waals surface area contributed by atoms with Crippen LogP contribution >= 0.6 is 0 Å². The average Bonchev–Trinajstić information content (AvgIpc) is 2.68. The second-order valence-corrected chi connectivity index (χ2v) is 4.05. The number of nitrogens with one attached hydrogen (secondary N) is 1. The third kappa shape index (κ3) is 2.19. The van der Waals surface area contributed by atoms with Crippen molar-refractivity contribution in [2.24, 2.45) is 18.8 Å². The van der Waals surface area contributed by atoms with Gasteiger partial charge in [0.1, 0.15) is 0 Å². The first-order valence-corrected chi connectivity index (χ1v) is 5.33. The second-order valence-electron chi connectivity index (χ2n) is 4.05. The summed E-state index contributed by atoms with van der Waals surface area (Å²) in [6, 6.07) is 0.137. The Morgan fingerprint density at radius 1 is 1.73 bits per heavy atom. The Hall–Kier alpha value is -0.910. The van der Waals surface area contributed by atoms with Gasteiger partial charge in [0, 0.05) is 25.8 Å². The van der Waals surface area contributed by atoms with Crippen LogP contribution in [-0.2, 0) is 11.8 Å². The summed E-state index contributed by atoms with van der Waals surface area (Å²) in [4.78, 5) is 4.11. The maximum Gasteiger partial charge on any atom is 0.0946 e. The summed E-state index contributed by atoms with van der Waals surface area (Å²) in [5, 5.41) is 0. The van der Waals surface area contributed by atoms with E-state index < -0.39 is 0 Å². The Morgan fingerprint density at radius 2 is 2.60 bits per heavy atom. The summed E-state index contributed by atoms with van der Waals surface area (Å²) in [5.74, 6) is 6.06. The first-order chi connectivity index (χ1) is 7.33. The minimum Gasteiger partial charge on any atom is -0.381 e. The first kappa shape index (κ1) is 10.6. The number of rotatable bonds is 3. The third-order valence-electron chi connectivity index (χ3n) is 3.02. The normalized spacial score (nSPS) is 24.0.